The molecule has 0 N–H and O–H groups in total. The summed E-state index contributed by atoms with van der Waals surface area (Å²) in [5, 5.41) is 0. The zero-order chi connectivity index (χ0) is 11.4. The maximum absolute atomic E-state index is 5.41. The Labute approximate surface area is 92.5 Å². The summed E-state index contributed by atoms with van der Waals surface area (Å²) in [5.41, 5.74) is 3.64. The molecule has 1 heteroatoms. The van der Waals surface area contributed by atoms with E-state index in [2.05, 4.69) is 38.8 Å². The van der Waals surface area contributed by atoms with Gasteiger partial charge in [0.2, 0.25) is 0 Å². The zero-order valence-corrected chi connectivity index (χ0v) is 9.92. The van der Waals surface area contributed by atoms with Crippen LogP contribution in [0.5, 0.6) is 5.75 Å². The highest BCUT2D eigenvalue weighted by molar-refractivity contribution is 5.44. The van der Waals surface area contributed by atoms with Crippen molar-refractivity contribution in [2.24, 2.45) is 5.92 Å². The third-order valence-corrected chi connectivity index (χ3v) is 2.51. The van der Waals surface area contributed by atoms with Crippen LogP contribution in [0, 0.1) is 32.1 Å². The Morgan fingerprint density at radius 1 is 1.40 bits per heavy atom. The highest BCUT2D eigenvalue weighted by Gasteiger charge is 2.09. The van der Waals surface area contributed by atoms with Gasteiger partial charge in [0.15, 0.2) is 0 Å². The van der Waals surface area contributed by atoms with Gasteiger partial charge in [-0.1, -0.05) is 24.6 Å². The molecule has 0 radical (unpaired) electrons. The lowest BCUT2D eigenvalue weighted by Crippen LogP contribution is -2.01. The molecule has 1 aromatic rings. The molecule has 0 spiro atoms. The van der Waals surface area contributed by atoms with Crippen LogP contribution in [-0.2, 0) is 6.42 Å². The smallest absolute Gasteiger partial charge is 0.125 e. The molecule has 0 heterocycles. The Morgan fingerprint density at radius 2 is 2.07 bits per heavy atom. The van der Waals surface area contributed by atoms with E-state index in [4.69, 9.17) is 11.2 Å². The van der Waals surface area contributed by atoms with Crippen molar-refractivity contribution < 1.29 is 4.74 Å². The molecule has 0 aliphatic heterocycles. The van der Waals surface area contributed by atoms with E-state index in [1.165, 1.54) is 16.7 Å². The average Bonchev–Trinajstić information content (AvgIpc) is 2.17. The second-order valence-electron chi connectivity index (χ2n) is 4.05. The van der Waals surface area contributed by atoms with Crippen LogP contribution >= 0.6 is 0 Å². The van der Waals surface area contributed by atoms with Crippen molar-refractivity contribution in [3.8, 4) is 18.1 Å². The second-order valence-corrected chi connectivity index (χ2v) is 4.05. The molecule has 1 nitrogen and oxygen atoms in total. The van der Waals surface area contributed by atoms with Gasteiger partial charge in [-0.2, -0.15) is 0 Å². The third-order valence-electron chi connectivity index (χ3n) is 2.51. The first-order chi connectivity index (χ1) is 7.08. The molecule has 0 aromatic heterocycles. The molecule has 0 bridgehead atoms. The lowest BCUT2D eigenvalue weighted by Gasteiger charge is -2.13. The summed E-state index contributed by atoms with van der Waals surface area (Å²) < 4.78 is 5.41. The minimum atomic E-state index is 0.250. The van der Waals surface area contributed by atoms with E-state index in [1.54, 1.807) is 7.11 Å². The number of hydrogen-bond donors (Lipinski definition) is 0. The highest BCUT2D eigenvalue weighted by Crippen LogP contribution is 2.27. The van der Waals surface area contributed by atoms with Crippen LogP contribution in [0.1, 0.15) is 23.6 Å². The van der Waals surface area contributed by atoms with Crippen LogP contribution in [0.3, 0.4) is 0 Å². The van der Waals surface area contributed by atoms with Crippen molar-refractivity contribution in [1.29, 1.82) is 0 Å². The summed E-state index contributed by atoms with van der Waals surface area (Å²) in [7, 11) is 1.71. The van der Waals surface area contributed by atoms with Crippen molar-refractivity contribution in [3.63, 3.8) is 0 Å². The van der Waals surface area contributed by atoms with Gasteiger partial charge in [0, 0.05) is 5.92 Å². The largest absolute Gasteiger partial charge is 0.496 e. The van der Waals surface area contributed by atoms with Crippen LogP contribution in [0.2, 0.25) is 0 Å². The molecular formula is C14H18O. The van der Waals surface area contributed by atoms with E-state index in [1.807, 2.05) is 0 Å². The normalized spacial score (nSPS) is 11.9. The summed E-state index contributed by atoms with van der Waals surface area (Å²) in [6.45, 7) is 6.21. The molecule has 15 heavy (non-hydrogen) atoms. The number of aryl methyl sites for hydroxylation is 2. The van der Waals surface area contributed by atoms with Crippen LogP contribution in [0.4, 0.5) is 0 Å². The molecule has 0 fully saturated rings. The van der Waals surface area contributed by atoms with E-state index < -0.39 is 0 Å². The van der Waals surface area contributed by atoms with Gasteiger partial charge in [0.25, 0.3) is 0 Å². The minimum absolute atomic E-state index is 0.250. The fraction of sp³-hybridized carbons (Fsp3) is 0.429. The van der Waals surface area contributed by atoms with Gasteiger partial charge < -0.3 is 4.74 Å². The Bertz CT molecular complexity index is 385. The van der Waals surface area contributed by atoms with Crippen LogP contribution in [0.25, 0.3) is 0 Å². The number of terminal acetylenes is 1. The number of methoxy groups -OCH3 is 1. The topological polar surface area (TPSA) is 9.23 Å². The Balaban J connectivity index is 3.10. The molecule has 1 rings (SSSR count). The van der Waals surface area contributed by atoms with Crippen LogP contribution in [0.15, 0.2) is 12.1 Å². The Morgan fingerprint density at radius 3 is 2.60 bits per heavy atom. The lowest BCUT2D eigenvalue weighted by molar-refractivity contribution is 0.405. The number of benzene rings is 1. The summed E-state index contributed by atoms with van der Waals surface area (Å²) >= 11 is 0. The van der Waals surface area contributed by atoms with Crippen LogP contribution < -0.4 is 4.74 Å². The highest BCUT2D eigenvalue weighted by atomic mass is 16.5. The predicted octanol–water partition coefficient (Wildman–Crippen LogP) is 3.12. The van der Waals surface area contributed by atoms with E-state index in [-0.39, 0.29) is 5.92 Å². The first-order valence-electron chi connectivity index (χ1n) is 5.18. The van der Waals surface area contributed by atoms with Gasteiger partial charge >= 0.3 is 0 Å². The van der Waals surface area contributed by atoms with Gasteiger partial charge in [0.05, 0.1) is 7.11 Å². The summed E-state index contributed by atoms with van der Waals surface area (Å²) in [6, 6.07) is 4.28. The number of rotatable bonds is 3. The fourth-order valence-electron chi connectivity index (χ4n) is 1.87. The molecule has 0 aliphatic carbocycles. The van der Waals surface area contributed by atoms with Gasteiger partial charge in [-0.05, 0) is 31.4 Å². The van der Waals surface area contributed by atoms with Crippen molar-refractivity contribution in [3.05, 3.63) is 28.8 Å². The molecule has 0 saturated heterocycles. The molecule has 0 aliphatic rings. The fourth-order valence-corrected chi connectivity index (χ4v) is 1.87. The zero-order valence-electron chi connectivity index (χ0n) is 9.92. The van der Waals surface area contributed by atoms with Gasteiger partial charge in [-0.15, -0.1) is 12.3 Å². The Kier molecular flexibility index (Phi) is 3.80. The van der Waals surface area contributed by atoms with E-state index in [9.17, 15) is 0 Å². The van der Waals surface area contributed by atoms with Crippen molar-refractivity contribution >= 4 is 0 Å². The molecule has 1 atom stereocenters. The quantitative estimate of drug-likeness (QED) is 0.684. The molecular weight excluding hydrogens is 184 g/mol. The first kappa shape index (κ1) is 11.7. The SMILES string of the molecule is C#CC(C)Cc1cc(C)cc(C)c1OC. The van der Waals surface area contributed by atoms with E-state index >= 15 is 0 Å². The van der Waals surface area contributed by atoms with Crippen molar-refractivity contribution in [2.75, 3.05) is 7.11 Å². The maximum Gasteiger partial charge on any atom is 0.125 e. The third kappa shape index (κ3) is 2.76. The van der Waals surface area contributed by atoms with Crippen molar-refractivity contribution in [1.82, 2.24) is 0 Å². The maximum atomic E-state index is 5.41. The van der Waals surface area contributed by atoms with Gasteiger partial charge in [-0.25, -0.2) is 0 Å². The molecule has 0 saturated carbocycles. The number of hydrogen-bond acceptors (Lipinski definition) is 1. The van der Waals surface area contributed by atoms with E-state index in [0.29, 0.717) is 0 Å². The summed E-state index contributed by atoms with van der Waals surface area (Å²) in [4.78, 5) is 0. The van der Waals surface area contributed by atoms with Gasteiger partial charge in [0.1, 0.15) is 5.75 Å². The monoisotopic (exact) mass is 202 g/mol. The Hall–Kier alpha value is -1.42. The van der Waals surface area contributed by atoms with Crippen LogP contribution in [-0.4, -0.2) is 7.11 Å². The summed E-state index contributed by atoms with van der Waals surface area (Å²) in [5.74, 6) is 3.97. The molecule has 80 valence electrons. The molecule has 0 amide bonds. The van der Waals surface area contributed by atoms with Crippen molar-refractivity contribution in [2.45, 2.75) is 27.2 Å². The molecule has 1 unspecified atom stereocenters. The van der Waals surface area contributed by atoms with Gasteiger partial charge in [-0.3, -0.25) is 0 Å². The average molecular weight is 202 g/mol. The standard InChI is InChI=1S/C14H18O/c1-6-10(2)8-13-9-11(3)7-12(4)14(13)15-5/h1,7,9-10H,8H2,2-5H3. The minimum Gasteiger partial charge on any atom is -0.496 e. The second kappa shape index (κ2) is 4.89. The summed E-state index contributed by atoms with van der Waals surface area (Å²) in [6.07, 6.45) is 6.27. The van der Waals surface area contributed by atoms with E-state index in [0.717, 1.165) is 12.2 Å². The number of ether oxygens (including phenoxy) is 1. The predicted molar refractivity (Wildman–Crippen MR) is 64.2 cm³/mol. The first-order valence-corrected chi connectivity index (χ1v) is 5.18. The lowest BCUT2D eigenvalue weighted by atomic mass is 9.97. The molecule has 1 aromatic carbocycles.